The lowest BCUT2D eigenvalue weighted by Gasteiger charge is -1.87. The fourth-order valence-corrected chi connectivity index (χ4v) is 0.285. The highest BCUT2D eigenvalue weighted by Gasteiger charge is 1.87. The second-order valence-electron chi connectivity index (χ2n) is 1.85. The van der Waals surface area contributed by atoms with Crippen LogP contribution in [0.2, 0.25) is 0 Å². The van der Waals surface area contributed by atoms with Crippen molar-refractivity contribution in [3.63, 3.8) is 0 Å². The second kappa shape index (κ2) is 4.01. The molecule has 50 valence electrons. The molecule has 0 spiro atoms. The van der Waals surface area contributed by atoms with Gasteiger partial charge in [0.05, 0.1) is 0 Å². The quantitative estimate of drug-likeness (QED) is 0.399. The summed E-state index contributed by atoms with van der Waals surface area (Å²) in [6, 6.07) is 0. The van der Waals surface area contributed by atoms with Gasteiger partial charge in [0.15, 0.2) is 0 Å². The normalized spacial score (nSPS) is 9.67. The van der Waals surface area contributed by atoms with Crippen LogP contribution in [0.4, 0.5) is 4.39 Å². The summed E-state index contributed by atoms with van der Waals surface area (Å²) in [5.74, 6) is -0.248. The summed E-state index contributed by atoms with van der Waals surface area (Å²) in [4.78, 5) is 3.35. The van der Waals surface area contributed by atoms with Gasteiger partial charge < -0.3 is 0 Å². The number of rotatable bonds is 2. The molecule has 0 bridgehead atoms. The third-order valence-electron chi connectivity index (χ3n) is 0.804. The molecule has 0 heterocycles. The van der Waals surface area contributed by atoms with Crippen LogP contribution in [0.1, 0.15) is 13.8 Å². The van der Waals surface area contributed by atoms with Crippen molar-refractivity contribution in [1.29, 1.82) is 0 Å². The number of allylic oxidation sites excluding steroid dienone is 3. The second-order valence-corrected chi connectivity index (χ2v) is 1.85. The van der Waals surface area contributed by atoms with Crippen LogP contribution in [-0.4, -0.2) is 6.72 Å². The van der Waals surface area contributed by atoms with Crippen molar-refractivity contribution < 1.29 is 4.39 Å². The average molecular weight is 127 g/mol. The van der Waals surface area contributed by atoms with Gasteiger partial charge in [-0.1, -0.05) is 0 Å². The highest BCUT2D eigenvalue weighted by atomic mass is 19.1. The Labute approximate surface area is 54.6 Å². The highest BCUT2D eigenvalue weighted by molar-refractivity contribution is 5.27. The summed E-state index contributed by atoms with van der Waals surface area (Å²) in [7, 11) is 0. The molecule has 0 aromatic heterocycles. The third-order valence-corrected chi connectivity index (χ3v) is 0.804. The Kier molecular flexibility index (Phi) is 3.60. The number of hydrogen-bond acceptors (Lipinski definition) is 1. The van der Waals surface area contributed by atoms with Crippen LogP contribution >= 0.6 is 0 Å². The Morgan fingerprint density at radius 3 is 2.44 bits per heavy atom. The predicted octanol–water partition coefficient (Wildman–Crippen LogP) is 2.46. The van der Waals surface area contributed by atoms with Gasteiger partial charge in [0.25, 0.3) is 0 Å². The van der Waals surface area contributed by atoms with E-state index in [4.69, 9.17) is 0 Å². The van der Waals surface area contributed by atoms with E-state index in [1.54, 1.807) is 13.8 Å². The molecule has 0 aliphatic rings. The molecule has 0 aliphatic carbocycles. The minimum Gasteiger partial charge on any atom is -0.272 e. The minimum absolute atomic E-state index is 0.248. The predicted molar refractivity (Wildman–Crippen MR) is 38.2 cm³/mol. The summed E-state index contributed by atoms with van der Waals surface area (Å²) in [6.07, 6.45) is 2.60. The van der Waals surface area contributed by atoms with E-state index in [0.717, 1.165) is 0 Å². The van der Waals surface area contributed by atoms with E-state index in [1.807, 2.05) is 0 Å². The molecule has 0 unspecified atom stereocenters. The first-order valence-electron chi connectivity index (χ1n) is 2.64. The molecule has 9 heavy (non-hydrogen) atoms. The van der Waals surface area contributed by atoms with Crippen molar-refractivity contribution >= 4 is 6.72 Å². The Morgan fingerprint density at radius 1 is 1.56 bits per heavy atom. The van der Waals surface area contributed by atoms with Crippen molar-refractivity contribution in [1.82, 2.24) is 0 Å². The number of nitrogens with zero attached hydrogens (tertiary/aromatic N) is 1. The Morgan fingerprint density at radius 2 is 2.11 bits per heavy atom. The monoisotopic (exact) mass is 127 g/mol. The topological polar surface area (TPSA) is 12.4 Å². The zero-order valence-electron chi connectivity index (χ0n) is 5.69. The lowest BCUT2D eigenvalue weighted by molar-refractivity contribution is 0.654. The van der Waals surface area contributed by atoms with E-state index in [9.17, 15) is 4.39 Å². The van der Waals surface area contributed by atoms with Crippen LogP contribution in [0.3, 0.4) is 0 Å². The van der Waals surface area contributed by atoms with Crippen molar-refractivity contribution in [2.75, 3.05) is 0 Å². The van der Waals surface area contributed by atoms with Gasteiger partial charge in [-0.15, -0.1) is 0 Å². The van der Waals surface area contributed by atoms with E-state index in [1.165, 1.54) is 12.3 Å². The summed E-state index contributed by atoms with van der Waals surface area (Å²) in [5.41, 5.74) is 0.648. The Balaban J connectivity index is 4.06. The van der Waals surface area contributed by atoms with Crippen LogP contribution in [0.15, 0.2) is 28.7 Å². The van der Waals surface area contributed by atoms with Crippen molar-refractivity contribution in [3.8, 4) is 0 Å². The molecule has 0 atom stereocenters. The van der Waals surface area contributed by atoms with Crippen molar-refractivity contribution in [3.05, 3.63) is 23.7 Å². The summed E-state index contributed by atoms with van der Waals surface area (Å²) >= 11 is 0. The first kappa shape index (κ1) is 8.08. The maximum atomic E-state index is 12.4. The van der Waals surface area contributed by atoms with Gasteiger partial charge in [-0.05, 0) is 32.2 Å². The molecular formula is C7H10FN. The SMILES string of the molecule is C=N/C=C\C(F)=C(C)C. The maximum absolute atomic E-state index is 12.4. The summed E-state index contributed by atoms with van der Waals surface area (Å²) in [6.45, 7) is 6.56. The average Bonchev–Trinajstić information content (AvgIpc) is 1.82. The smallest absolute Gasteiger partial charge is 0.123 e. The van der Waals surface area contributed by atoms with E-state index >= 15 is 0 Å². The van der Waals surface area contributed by atoms with Gasteiger partial charge in [0.2, 0.25) is 0 Å². The molecule has 0 radical (unpaired) electrons. The molecule has 0 N–H and O–H groups in total. The van der Waals surface area contributed by atoms with Crippen LogP contribution < -0.4 is 0 Å². The molecule has 0 rings (SSSR count). The molecular weight excluding hydrogens is 117 g/mol. The lowest BCUT2D eigenvalue weighted by Crippen LogP contribution is -1.69. The van der Waals surface area contributed by atoms with E-state index < -0.39 is 0 Å². The largest absolute Gasteiger partial charge is 0.272 e. The number of hydrogen-bond donors (Lipinski definition) is 0. The third kappa shape index (κ3) is 3.64. The summed E-state index contributed by atoms with van der Waals surface area (Å²) < 4.78 is 12.4. The van der Waals surface area contributed by atoms with Gasteiger partial charge in [0, 0.05) is 6.20 Å². The molecule has 0 amide bonds. The zero-order valence-corrected chi connectivity index (χ0v) is 5.69. The Bertz CT molecular complexity index is 152. The number of aliphatic imine (C=N–C) groups is 1. The van der Waals surface area contributed by atoms with Crippen molar-refractivity contribution in [2.45, 2.75) is 13.8 Å². The van der Waals surface area contributed by atoms with Gasteiger partial charge in [-0.2, -0.15) is 0 Å². The van der Waals surface area contributed by atoms with E-state index in [-0.39, 0.29) is 5.83 Å². The zero-order chi connectivity index (χ0) is 7.28. The number of halogens is 1. The van der Waals surface area contributed by atoms with Gasteiger partial charge in [0.1, 0.15) is 5.83 Å². The molecule has 0 aliphatic heterocycles. The van der Waals surface area contributed by atoms with Crippen molar-refractivity contribution in [2.24, 2.45) is 4.99 Å². The lowest BCUT2D eigenvalue weighted by atomic mass is 10.3. The van der Waals surface area contributed by atoms with Crippen LogP contribution in [0.5, 0.6) is 0 Å². The molecule has 0 saturated heterocycles. The van der Waals surface area contributed by atoms with Gasteiger partial charge in [-0.25, -0.2) is 4.39 Å². The molecule has 0 saturated carbocycles. The van der Waals surface area contributed by atoms with Gasteiger partial charge >= 0.3 is 0 Å². The molecule has 1 nitrogen and oxygen atoms in total. The first-order valence-corrected chi connectivity index (χ1v) is 2.64. The maximum Gasteiger partial charge on any atom is 0.123 e. The Hall–Kier alpha value is -0.920. The van der Waals surface area contributed by atoms with Crippen LogP contribution in [0, 0.1) is 0 Å². The molecule has 0 aromatic rings. The first-order chi connectivity index (χ1) is 4.18. The van der Waals surface area contributed by atoms with Gasteiger partial charge in [-0.3, -0.25) is 4.99 Å². The minimum atomic E-state index is -0.248. The fourth-order valence-electron chi connectivity index (χ4n) is 0.285. The summed E-state index contributed by atoms with van der Waals surface area (Å²) in [5, 5.41) is 0. The van der Waals surface area contributed by atoms with Crippen LogP contribution in [-0.2, 0) is 0 Å². The van der Waals surface area contributed by atoms with E-state index in [2.05, 4.69) is 11.7 Å². The molecule has 0 fully saturated rings. The molecule has 2 heteroatoms. The molecule has 0 aromatic carbocycles. The van der Waals surface area contributed by atoms with Crippen LogP contribution in [0.25, 0.3) is 0 Å². The van der Waals surface area contributed by atoms with E-state index in [0.29, 0.717) is 5.57 Å². The highest BCUT2D eigenvalue weighted by Crippen LogP contribution is 2.05. The standard InChI is InChI=1S/C7H10FN/c1-6(2)7(8)4-5-9-3/h4-5H,3H2,1-2H3/b5-4-. The fraction of sp³-hybridized carbons (Fsp3) is 0.286.